The van der Waals surface area contributed by atoms with Crippen LogP contribution in [0.4, 0.5) is 36.8 Å². The van der Waals surface area contributed by atoms with Gasteiger partial charge < -0.3 is 15.5 Å². The van der Waals surface area contributed by atoms with Crippen LogP contribution in [0.1, 0.15) is 41.6 Å². The van der Waals surface area contributed by atoms with Crippen molar-refractivity contribution in [1.29, 1.82) is 0 Å². The van der Waals surface area contributed by atoms with E-state index in [1.807, 2.05) is 42.5 Å². The fourth-order valence-electron chi connectivity index (χ4n) is 3.83. The highest BCUT2D eigenvalue weighted by atomic mass is 19.4. The van der Waals surface area contributed by atoms with Crippen molar-refractivity contribution in [3.63, 3.8) is 0 Å². The summed E-state index contributed by atoms with van der Waals surface area (Å²) in [5.41, 5.74) is -2.02. The summed E-state index contributed by atoms with van der Waals surface area (Å²) in [5, 5.41) is 4.96. The van der Waals surface area contributed by atoms with Gasteiger partial charge in [-0.2, -0.15) is 26.3 Å². The largest absolute Gasteiger partial charge is 0.416 e. The molecule has 1 atom stereocenters. The van der Waals surface area contributed by atoms with E-state index in [-0.39, 0.29) is 37.5 Å². The Morgan fingerprint density at radius 1 is 0.795 bits per heavy atom. The fraction of sp³-hybridized carbons (Fsp3) is 0.286. The van der Waals surface area contributed by atoms with Gasteiger partial charge in [0, 0.05) is 25.2 Å². The molecule has 2 N–H and O–H groups in total. The van der Waals surface area contributed by atoms with Crippen LogP contribution in [-0.2, 0) is 23.6 Å². The lowest BCUT2D eigenvalue weighted by molar-refractivity contribution is -0.143. The van der Waals surface area contributed by atoms with Gasteiger partial charge in [-0.05, 0) is 42.7 Å². The third-order valence-corrected chi connectivity index (χ3v) is 5.93. The van der Waals surface area contributed by atoms with Crippen LogP contribution in [0, 0.1) is 0 Å². The van der Waals surface area contributed by atoms with Gasteiger partial charge in [0.1, 0.15) is 0 Å². The average Bonchev–Trinajstić information content (AvgIpc) is 2.88. The second-order valence-corrected chi connectivity index (χ2v) is 8.90. The number of amides is 3. The first-order chi connectivity index (χ1) is 18.3. The van der Waals surface area contributed by atoms with Crippen LogP contribution < -0.4 is 10.6 Å². The normalized spacial score (nSPS) is 12.5. The molecule has 0 aliphatic heterocycles. The molecule has 0 radical (unpaired) electrons. The van der Waals surface area contributed by atoms with Crippen molar-refractivity contribution in [3.8, 4) is 0 Å². The van der Waals surface area contributed by atoms with E-state index in [4.69, 9.17) is 0 Å². The molecule has 0 aliphatic rings. The summed E-state index contributed by atoms with van der Waals surface area (Å²) in [4.78, 5) is 26.8. The highest BCUT2D eigenvalue weighted by Gasteiger charge is 2.37. The molecule has 3 amide bonds. The number of urea groups is 1. The van der Waals surface area contributed by atoms with Gasteiger partial charge in [-0.25, -0.2) is 4.79 Å². The average molecular weight is 552 g/mol. The molecule has 0 fully saturated rings. The van der Waals surface area contributed by atoms with E-state index in [0.29, 0.717) is 18.6 Å². The maximum absolute atomic E-state index is 13.2. The lowest BCUT2D eigenvalue weighted by atomic mass is 10.1. The summed E-state index contributed by atoms with van der Waals surface area (Å²) in [6.07, 6.45) is -9.88. The van der Waals surface area contributed by atoms with Crippen molar-refractivity contribution in [2.24, 2.45) is 0 Å². The molecule has 3 aromatic rings. The van der Waals surface area contributed by atoms with Crippen molar-refractivity contribution in [2.45, 2.75) is 38.2 Å². The summed E-state index contributed by atoms with van der Waals surface area (Å²) in [6, 6.07) is 17.8. The molecular formula is C28H27F6N3O2. The zero-order chi connectivity index (χ0) is 28.6. The predicted molar refractivity (Wildman–Crippen MR) is 135 cm³/mol. The SMILES string of the molecule is CC(NC(=O)CCN(CCc1ccccc1)C(=O)Nc1cc(C(F)(F)F)cc(C(F)(F)F)c1)c1ccccc1. The molecular weight excluding hydrogens is 524 g/mol. The summed E-state index contributed by atoms with van der Waals surface area (Å²) >= 11 is 0. The zero-order valence-electron chi connectivity index (χ0n) is 20.9. The number of halogens is 6. The number of alkyl halides is 6. The van der Waals surface area contributed by atoms with Crippen molar-refractivity contribution in [2.75, 3.05) is 18.4 Å². The molecule has 39 heavy (non-hydrogen) atoms. The Bertz CT molecular complexity index is 1220. The van der Waals surface area contributed by atoms with Gasteiger partial charge in [-0.1, -0.05) is 60.7 Å². The maximum Gasteiger partial charge on any atom is 0.416 e. The number of rotatable bonds is 9. The topological polar surface area (TPSA) is 61.4 Å². The third kappa shape index (κ3) is 9.05. The quantitative estimate of drug-likeness (QED) is 0.280. The molecule has 0 bridgehead atoms. The predicted octanol–water partition coefficient (Wildman–Crippen LogP) is 7.07. The van der Waals surface area contributed by atoms with Crippen molar-refractivity contribution in [1.82, 2.24) is 10.2 Å². The van der Waals surface area contributed by atoms with Crippen LogP contribution in [0.15, 0.2) is 78.9 Å². The van der Waals surface area contributed by atoms with Crippen LogP contribution >= 0.6 is 0 Å². The van der Waals surface area contributed by atoms with E-state index in [1.165, 1.54) is 4.90 Å². The summed E-state index contributed by atoms with van der Waals surface area (Å²) < 4.78 is 79.5. The van der Waals surface area contributed by atoms with E-state index in [9.17, 15) is 35.9 Å². The molecule has 0 spiro atoms. The van der Waals surface area contributed by atoms with Crippen LogP contribution in [-0.4, -0.2) is 29.9 Å². The Labute approximate surface area is 221 Å². The molecule has 208 valence electrons. The minimum absolute atomic E-state index is 0.0128. The van der Waals surface area contributed by atoms with Crippen LogP contribution in [0.2, 0.25) is 0 Å². The number of nitrogens with zero attached hydrogens (tertiary/aromatic N) is 1. The van der Waals surface area contributed by atoms with Crippen molar-refractivity contribution in [3.05, 3.63) is 101 Å². The smallest absolute Gasteiger partial charge is 0.350 e. The second-order valence-electron chi connectivity index (χ2n) is 8.90. The Hall–Kier alpha value is -4.02. The van der Waals surface area contributed by atoms with Gasteiger partial charge in [0.15, 0.2) is 0 Å². The van der Waals surface area contributed by atoms with Crippen molar-refractivity contribution >= 4 is 17.6 Å². The number of benzene rings is 3. The summed E-state index contributed by atoms with van der Waals surface area (Å²) in [6.45, 7) is 1.75. The first kappa shape index (κ1) is 29.5. The first-order valence-electron chi connectivity index (χ1n) is 12.1. The van der Waals surface area contributed by atoms with Gasteiger partial charge >= 0.3 is 18.4 Å². The van der Waals surface area contributed by atoms with E-state index in [0.717, 1.165) is 11.1 Å². The molecule has 0 aromatic heterocycles. The zero-order valence-corrected chi connectivity index (χ0v) is 20.9. The Kier molecular flexibility index (Phi) is 9.61. The van der Waals surface area contributed by atoms with Crippen LogP contribution in [0.5, 0.6) is 0 Å². The minimum atomic E-state index is -5.05. The number of hydrogen-bond acceptors (Lipinski definition) is 2. The Balaban J connectivity index is 1.75. The molecule has 3 rings (SSSR count). The number of nitrogens with one attached hydrogen (secondary N) is 2. The maximum atomic E-state index is 13.2. The van der Waals surface area contributed by atoms with E-state index in [2.05, 4.69) is 10.6 Å². The molecule has 11 heteroatoms. The summed E-state index contributed by atoms with van der Waals surface area (Å²) in [5.74, 6) is -0.373. The molecule has 5 nitrogen and oxygen atoms in total. The van der Waals surface area contributed by atoms with E-state index >= 15 is 0 Å². The van der Waals surface area contributed by atoms with Gasteiger partial charge in [0.2, 0.25) is 5.91 Å². The Morgan fingerprint density at radius 2 is 1.33 bits per heavy atom. The number of anilines is 1. The van der Waals surface area contributed by atoms with Crippen LogP contribution in [0.3, 0.4) is 0 Å². The summed E-state index contributed by atoms with van der Waals surface area (Å²) in [7, 11) is 0. The van der Waals surface area contributed by atoms with Crippen molar-refractivity contribution < 1.29 is 35.9 Å². The minimum Gasteiger partial charge on any atom is -0.350 e. The molecule has 0 saturated heterocycles. The highest BCUT2D eigenvalue weighted by Crippen LogP contribution is 2.37. The molecule has 0 saturated carbocycles. The van der Waals surface area contributed by atoms with Gasteiger partial charge in [0.05, 0.1) is 17.2 Å². The monoisotopic (exact) mass is 551 g/mol. The Morgan fingerprint density at radius 3 is 1.87 bits per heavy atom. The number of carbonyl (C=O) groups excluding carboxylic acids is 2. The fourth-order valence-corrected chi connectivity index (χ4v) is 3.83. The third-order valence-electron chi connectivity index (χ3n) is 5.93. The van der Waals surface area contributed by atoms with Gasteiger partial charge in [-0.3, -0.25) is 4.79 Å². The lowest BCUT2D eigenvalue weighted by Crippen LogP contribution is -2.39. The molecule has 3 aromatic carbocycles. The first-order valence-corrected chi connectivity index (χ1v) is 12.1. The molecule has 0 heterocycles. The van der Waals surface area contributed by atoms with Crippen LogP contribution in [0.25, 0.3) is 0 Å². The van der Waals surface area contributed by atoms with Gasteiger partial charge in [0.25, 0.3) is 0 Å². The molecule has 0 aliphatic carbocycles. The number of carbonyl (C=O) groups is 2. The van der Waals surface area contributed by atoms with E-state index < -0.39 is 35.2 Å². The molecule has 1 unspecified atom stereocenters. The van der Waals surface area contributed by atoms with E-state index in [1.54, 1.807) is 25.1 Å². The standard InChI is InChI=1S/C28H27F6N3O2/c1-19(21-10-6-3-7-11-21)35-25(38)13-15-37(14-12-20-8-4-2-5-9-20)26(39)36-24-17-22(27(29,30)31)16-23(18-24)28(32,33)34/h2-11,16-19H,12-15H2,1H3,(H,35,38)(H,36,39). The van der Waals surface area contributed by atoms with Gasteiger partial charge in [-0.15, -0.1) is 0 Å². The lowest BCUT2D eigenvalue weighted by Gasteiger charge is -2.24. The number of hydrogen-bond donors (Lipinski definition) is 2. The highest BCUT2D eigenvalue weighted by molar-refractivity contribution is 5.90. The second kappa shape index (κ2) is 12.7.